The number of hydrogen-bond donors (Lipinski definition) is 1. The highest BCUT2D eigenvalue weighted by Crippen LogP contribution is 2.23. The lowest BCUT2D eigenvalue weighted by Crippen LogP contribution is -2.43. The molecule has 4 nitrogen and oxygen atoms in total. The van der Waals surface area contributed by atoms with Crippen LogP contribution in [0, 0.1) is 0 Å². The lowest BCUT2D eigenvalue weighted by atomic mass is 10.0. The van der Waals surface area contributed by atoms with Gasteiger partial charge in [-0.25, -0.2) is 4.98 Å². The summed E-state index contributed by atoms with van der Waals surface area (Å²) in [7, 11) is 0. The van der Waals surface area contributed by atoms with Crippen molar-refractivity contribution in [3.05, 3.63) is 41.2 Å². The van der Waals surface area contributed by atoms with Gasteiger partial charge in [-0.15, -0.1) is 12.4 Å². The van der Waals surface area contributed by atoms with E-state index in [1.807, 2.05) is 24.3 Å². The minimum atomic E-state index is 0. The second-order valence-corrected chi connectivity index (χ2v) is 6.54. The summed E-state index contributed by atoms with van der Waals surface area (Å²) < 4.78 is 5.66. The topological polar surface area (TPSA) is 41.3 Å². The molecule has 0 saturated carbocycles. The Bertz CT molecular complexity index is 626. The van der Waals surface area contributed by atoms with Crippen LogP contribution in [0.3, 0.4) is 0 Å². The van der Waals surface area contributed by atoms with E-state index in [4.69, 9.17) is 16.0 Å². The lowest BCUT2D eigenvalue weighted by Gasteiger charge is -2.33. The third kappa shape index (κ3) is 4.96. The van der Waals surface area contributed by atoms with Gasteiger partial charge in [0.25, 0.3) is 0 Å². The van der Waals surface area contributed by atoms with Crippen molar-refractivity contribution < 1.29 is 4.42 Å². The molecule has 2 aromatic rings. The number of nitrogens with one attached hydrogen (secondary N) is 1. The predicted molar refractivity (Wildman–Crippen MR) is 101 cm³/mol. The van der Waals surface area contributed by atoms with E-state index in [-0.39, 0.29) is 12.4 Å². The highest BCUT2D eigenvalue weighted by Gasteiger charge is 2.21. The second kappa shape index (κ2) is 9.42. The standard InChI is InChI=1S/C18H24ClN3O.ClH/c1-2-10-22(17-6-8-20-9-7-17)12-16-13-23-18(21-16)14-4-3-5-15(19)11-14;/h3-5,11,13,17,20H,2,6-10,12H2,1H3;1H. The van der Waals surface area contributed by atoms with E-state index in [1.54, 1.807) is 6.26 Å². The summed E-state index contributed by atoms with van der Waals surface area (Å²) in [5.74, 6) is 0.643. The lowest BCUT2D eigenvalue weighted by molar-refractivity contribution is 0.152. The molecule has 0 amide bonds. The van der Waals surface area contributed by atoms with E-state index >= 15 is 0 Å². The van der Waals surface area contributed by atoms with Gasteiger partial charge >= 0.3 is 0 Å². The highest BCUT2D eigenvalue weighted by atomic mass is 35.5. The molecule has 6 heteroatoms. The predicted octanol–water partition coefficient (Wildman–Crippen LogP) is 4.38. The Hall–Kier alpha value is -1.07. The van der Waals surface area contributed by atoms with Crippen LogP contribution in [0.25, 0.3) is 11.5 Å². The molecule has 24 heavy (non-hydrogen) atoms. The first kappa shape index (κ1) is 19.3. The van der Waals surface area contributed by atoms with Crippen LogP contribution in [0.4, 0.5) is 0 Å². The normalized spacial score (nSPS) is 15.5. The Morgan fingerprint density at radius 2 is 2.12 bits per heavy atom. The van der Waals surface area contributed by atoms with Gasteiger partial charge in [0.1, 0.15) is 6.26 Å². The molecule has 2 heterocycles. The van der Waals surface area contributed by atoms with Crippen LogP contribution in [0.5, 0.6) is 0 Å². The SMILES string of the molecule is CCCN(Cc1coc(-c2cccc(Cl)c2)n1)C1CCNCC1.Cl. The molecule has 0 bridgehead atoms. The zero-order valence-electron chi connectivity index (χ0n) is 14.0. The van der Waals surface area contributed by atoms with Gasteiger partial charge in [-0.1, -0.05) is 24.6 Å². The first-order chi connectivity index (χ1) is 11.3. The van der Waals surface area contributed by atoms with Gasteiger partial charge in [-0.3, -0.25) is 4.90 Å². The molecule has 1 saturated heterocycles. The molecule has 0 unspecified atom stereocenters. The van der Waals surface area contributed by atoms with Crippen molar-refractivity contribution in [2.24, 2.45) is 0 Å². The van der Waals surface area contributed by atoms with Crippen molar-refractivity contribution in [3.8, 4) is 11.5 Å². The molecule has 0 spiro atoms. The fourth-order valence-electron chi connectivity index (χ4n) is 3.19. The van der Waals surface area contributed by atoms with E-state index in [2.05, 4.69) is 22.1 Å². The van der Waals surface area contributed by atoms with E-state index in [1.165, 1.54) is 12.8 Å². The third-order valence-electron chi connectivity index (χ3n) is 4.32. The molecular formula is C18H25Cl2N3O. The fourth-order valence-corrected chi connectivity index (χ4v) is 3.38. The first-order valence-electron chi connectivity index (χ1n) is 8.41. The molecule has 1 aromatic heterocycles. The number of rotatable bonds is 6. The van der Waals surface area contributed by atoms with Crippen molar-refractivity contribution in [3.63, 3.8) is 0 Å². The average molecular weight is 370 g/mol. The zero-order chi connectivity index (χ0) is 16.1. The molecular weight excluding hydrogens is 345 g/mol. The van der Waals surface area contributed by atoms with Crippen LogP contribution in [-0.2, 0) is 6.54 Å². The number of oxazole rings is 1. The molecule has 1 aliphatic rings. The summed E-state index contributed by atoms with van der Waals surface area (Å²) in [4.78, 5) is 7.20. The van der Waals surface area contributed by atoms with Crippen LogP contribution in [0.15, 0.2) is 34.9 Å². The molecule has 1 N–H and O–H groups in total. The highest BCUT2D eigenvalue weighted by molar-refractivity contribution is 6.30. The fraction of sp³-hybridized carbons (Fsp3) is 0.500. The number of nitrogens with zero attached hydrogens (tertiary/aromatic N) is 2. The van der Waals surface area contributed by atoms with E-state index < -0.39 is 0 Å². The average Bonchev–Trinajstić information content (AvgIpc) is 3.04. The summed E-state index contributed by atoms with van der Waals surface area (Å²) >= 11 is 6.05. The molecule has 0 radical (unpaired) electrons. The zero-order valence-corrected chi connectivity index (χ0v) is 15.6. The Morgan fingerprint density at radius 1 is 1.33 bits per heavy atom. The number of hydrogen-bond acceptors (Lipinski definition) is 4. The van der Waals surface area contributed by atoms with Crippen LogP contribution >= 0.6 is 24.0 Å². The van der Waals surface area contributed by atoms with Crippen molar-refractivity contribution in [1.82, 2.24) is 15.2 Å². The smallest absolute Gasteiger partial charge is 0.226 e. The quantitative estimate of drug-likeness (QED) is 0.819. The van der Waals surface area contributed by atoms with Crippen LogP contribution in [0.1, 0.15) is 31.9 Å². The Kier molecular flexibility index (Phi) is 7.56. The Morgan fingerprint density at radius 3 is 2.83 bits per heavy atom. The maximum atomic E-state index is 6.05. The molecule has 1 aromatic carbocycles. The van der Waals surface area contributed by atoms with Crippen LogP contribution in [0.2, 0.25) is 5.02 Å². The summed E-state index contributed by atoms with van der Waals surface area (Å²) in [6.07, 6.45) is 5.35. The van der Waals surface area contributed by atoms with Crippen molar-refractivity contribution in [2.75, 3.05) is 19.6 Å². The minimum Gasteiger partial charge on any atom is -0.444 e. The molecule has 132 valence electrons. The van der Waals surface area contributed by atoms with E-state index in [0.29, 0.717) is 17.0 Å². The molecule has 0 aliphatic carbocycles. The number of benzene rings is 1. The molecule has 1 aliphatic heterocycles. The van der Waals surface area contributed by atoms with Crippen molar-refractivity contribution >= 4 is 24.0 Å². The van der Waals surface area contributed by atoms with E-state index in [0.717, 1.165) is 43.9 Å². The molecule has 3 rings (SSSR count). The maximum Gasteiger partial charge on any atom is 0.226 e. The van der Waals surface area contributed by atoms with Gasteiger partial charge in [-0.05, 0) is 57.1 Å². The van der Waals surface area contributed by atoms with Gasteiger partial charge in [0, 0.05) is 23.2 Å². The summed E-state index contributed by atoms with van der Waals surface area (Å²) in [6.45, 7) is 6.40. The van der Waals surface area contributed by atoms with E-state index in [9.17, 15) is 0 Å². The van der Waals surface area contributed by atoms with Gasteiger partial charge in [-0.2, -0.15) is 0 Å². The third-order valence-corrected chi connectivity index (χ3v) is 4.56. The molecule has 1 fully saturated rings. The van der Waals surface area contributed by atoms with Gasteiger partial charge in [0.05, 0.1) is 5.69 Å². The monoisotopic (exact) mass is 369 g/mol. The summed E-state index contributed by atoms with van der Waals surface area (Å²) in [5.41, 5.74) is 1.92. The van der Waals surface area contributed by atoms with Gasteiger partial charge in [0.2, 0.25) is 5.89 Å². The second-order valence-electron chi connectivity index (χ2n) is 6.11. The minimum absolute atomic E-state index is 0. The Balaban J connectivity index is 0.00000208. The number of piperidine rings is 1. The maximum absolute atomic E-state index is 6.05. The number of aromatic nitrogens is 1. The van der Waals surface area contributed by atoms with Gasteiger partial charge in [0.15, 0.2) is 0 Å². The van der Waals surface area contributed by atoms with Crippen LogP contribution < -0.4 is 5.32 Å². The van der Waals surface area contributed by atoms with Crippen LogP contribution in [-0.4, -0.2) is 35.6 Å². The Labute approximate surface area is 155 Å². The van der Waals surface area contributed by atoms with Gasteiger partial charge < -0.3 is 9.73 Å². The summed E-state index contributed by atoms with van der Waals surface area (Å²) in [6, 6.07) is 8.27. The van der Waals surface area contributed by atoms with Crippen molar-refractivity contribution in [2.45, 2.75) is 38.8 Å². The summed E-state index contributed by atoms with van der Waals surface area (Å²) in [5, 5.41) is 4.13. The largest absolute Gasteiger partial charge is 0.444 e. The number of halogens is 2. The molecule has 0 atom stereocenters. The van der Waals surface area contributed by atoms with Crippen molar-refractivity contribution in [1.29, 1.82) is 0 Å². The first-order valence-corrected chi connectivity index (χ1v) is 8.79.